The van der Waals surface area contributed by atoms with Gasteiger partial charge in [0.15, 0.2) is 0 Å². The highest BCUT2D eigenvalue weighted by molar-refractivity contribution is 7.99. The molecule has 24 heavy (non-hydrogen) atoms. The van der Waals surface area contributed by atoms with E-state index in [9.17, 15) is 9.59 Å². The molecule has 0 aromatic heterocycles. The number of nitrogens with zero attached hydrogens (tertiary/aromatic N) is 1. The van der Waals surface area contributed by atoms with Gasteiger partial charge in [0.25, 0.3) is 0 Å². The molecule has 3 atom stereocenters. The number of nitrogens with one attached hydrogen (secondary N) is 1. The van der Waals surface area contributed by atoms with Crippen LogP contribution in [0.5, 0.6) is 0 Å². The Bertz CT molecular complexity index is 599. The van der Waals surface area contributed by atoms with E-state index in [1.54, 1.807) is 22.7 Å². The molecular weight excluding hydrogens is 348 g/mol. The predicted octanol–water partition coefficient (Wildman–Crippen LogP) is 2.84. The first-order valence-electron chi connectivity index (χ1n) is 7.96. The van der Waals surface area contributed by atoms with Crippen LogP contribution in [0, 0.1) is 0 Å². The van der Waals surface area contributed by atoms with Crippen LogP contribution >= 0.6 is 23.4 Å². The summed E-state index contributed by atoms with van der Waals surface area (Å²) >= 11 is 7.85. The van der Waals surface area contributed by atoms with E-state index in [0.717, 1.165) is 12.0 Å². The van der Waals surface area contributed by atoms with Crippen molar-refractivity contribution in [2.75, 3.05) is 19.5 Å². The van der Waals surface area contributed by atoms with Crippen LogP contribution in [0.4, 0.5) is 0 Å². The van der Waals surface area contributed by atoms with Gasteiger partial charge in [0.2, 0.25) is 11.8 Å². The number of benzene rings is 1. The van der Waals surface area contributed by atoms with Gasteiger partial charge in [-0.1, -0.05) is 36.7 Å². The molecule has 1 aliphatic heterocycles. The zero-order chi connectivity index (χ0) is 17.7. The van der Waals surface area contributed by atoms with Crippen LogP contribution in [-0.2, 0) is 14.3 Å². The molecule has 2 amide bonds. The fourth-order valence-electron chi connectivity index (χ4n) is 2.57. The number of carbonyl (C=O) groups excluding carboxylic acids is 2. The first-order valence-corrected chi connectivity index (χ1v) is 9.38. The Kier molecular flexibility index (Phi) is 6.95. The molecule has 0 spiro atoms. The van der Waals surface area contributed by atoms with Crippen molar-refractivity contribution in [3.63, 3.8) is 0 Å². The normalized spacial score (nSPS) is 21.6. The van der Waals surface area contributed by atoms with Gasteiger partial charge in [-0.15, -0.1) is 11.8 Å². The summed E-state index contributed by atoms with van der Waals surface area (Å²) in [5.74, 6) is 0.195. The molecule has 1 aromatic carbocycles. The zero-order valence-electron chi connectivity index (χ0n) is 14.1. The minimum Gasteiger partial charge on any atom is -0.375 e. The lowest BCUT2D eigenvalue weighted by Gasteiger charge is -2.30. The van der Waals surface area contributed by atoms with Gasteiger partial charge in [-0.25, -0.2) is 0 Å². The van der Waals surface area contributed by atoms with Gasteiger partial charge in [-0.05, 0) is 19.4 Å². The molecule has 1 aliphatic rings. The van der Waals surface area contributed by atoms with E-state index in [2.05, 4.69) is 5.32 Å². The van der Waals surface area contributed by atoms with Crippen molar-refractivity contribution in [2.45, 2.75) is 37.7 Å². The maximum atomic E-state index is 12.6. The molecule has 5 nitrogen and oxygen atoms in total. The molecule has 0 saturated carbocycles. The van der Waals surface area contributed by atoms with Crippen molar-refractivity contribution < 1.29 is 14.3 Å². The van der Waals surface area contributed by atoms with Crippen LogP contribution < -0.4 is 5.32 Å². The molecular formula is C17H23ClN2O3S. The van der Waals surface area contributed by atoms with E-state index >= 15 is 0 Å². The Morgan fingerprint density at radius 3 is 2.79 bits per heavy atom. The molecule has 1 heterocycles. The molecule has 2 rings (SSSR count). The number of halogens is 1. The van der Waals surface area contributed by atoms with Crippen molar-refractivity contribution in [1.29, 1.82) is 0 Å². The van der Waals surface area contributed by atoms with Crippen molar-refractivity contribution >= 4 is 35.2 Å². The third kappa shape index (κ3) is 4.23. The maximum absolute atomic E-state index is 12.6. The summed E-state index contributed by atoms with van der Waals surface area (Å²) in [7, 11) is 1.47. The molecule has 1 saturated heterocycles. The van der Waals surface area contributed by atoms with Crippen molar-refractivity contribution in [2.24, 2.45) is 0 Å². The largest absolute Gasteiger partial charge is 0.375 e. The van der Waals surface area contributed by atoms with E-state index in [4.69, 9.17) is 16.3 Å². The Morgan fingerprint density at radius 2 is 2.17 bits per heavy atom. The molecule has 1 fully saturated rings. The highest BCUT2D eigenvalue weighted by Gasteiger charge is 2.42. The van der Waals surface area contributed by atoms with Gasteiger partial charge in [0.1, 0.15) is 18.0 Å². The summed E-state index contributed by atoms with van der Waals surface area (Å²) in [6.07, 6.45) is 0.839. The fourth-order valence-corrected chi connectivity index (χ4v) is 4.36. The molecule has 0 bridgehead atoms. The summed E-state index contributed by atoms with van der Waals surface area (Å²) < 4.78 is 5.00. The molecule has 3 unspecified atom stereocenters. The number of methoxy groups -OCH3 is 1. The topological polar surface area (TPSA) is 58.6 Å². The number of amides is 2. The number of hydrogen-bond donors (Lipinski definition) is 1. The minimum absolute atomic E-state index is 0.0609. The van der Waals surface area contributed by atoms with Crippen LogP contribution in [0.1, 0.15) is 31.2 Å². The van der Waals surface area contributed by atoms with Gasteiger partial charge >= 0.3 is 0 Å². The van der Waals surface area contributed by atoms with Crippen LogP contribution in [0.2, 0.25) is 5.02 Å². The van der Waals surface area contributed by atoms with Gasteiger partial charge in [-0.3, -0.25) is 9.59 Å². The number of thioether (sulfide) groups is 1. The number of hydrogen-bond acceptors (Lipinski definition) is 4. The van der Waals surface area contributed by atoms with E-state index in [1.807, 2.05) is 32.0 Å². The Labute approximate surface area is 152 Å². The number of carbonyl (C=O) groups is 2. The smallest absolute Gasteiger partial charge is 0.250 e. The van der Waals surface area contributed by atoms with E-state index < -0.39 is 6.04 Å². The van der Waals surface area contributed by atoms with Crippen molar-refractivity contribution in [1.82, 2.24) is 10.2 Å². The minimum atomic E-state index is -0.520. The van der Waals surface area contributed by atoms with Crippen LogP contribution in [0.15, 0.2) is 24.3 Å². The molecule has 132 valence electrons. The lowest BCUT2D eigenvalue weighted by Crippen LogP contribution is -2.50. The molecule has 0 radical (unpaired) electrons. The third-order valence-electron chi connectivity index (χ3n) is 4.03. The Hall–Kier alpha value is -1.24. The lowest BCUT2D eigenvalue weighted by molar-refractivity contribution is -0.143. The van der Waals surface area contributed by atoms with Gasteiger partial charge in [0, 0.05) is 29.5 Å². The monoisotopic (exact) mass is 370 g/mol. The second kappa shape index (κ2) is 8.74. The molecule has 1 N–H and O–H groups in total. The van der Waals surface area contributed by atoms with Gasteiger partial charge in [-0.2, -0.15) is 0 Å². The number of rotatable bonds is 6. The summed E-state index contributed by atoms with van der Waals surface area (Å²) in [5.41, 5.74) is 0.840. The maximum Gasteiger partial charge on any atom is 0.250 e. The predicted molar refractivity (Wildman–Crippen MR) is 97.1 cm³/mol. The summed E-state index contributed by atoms with van der Waals surface area (Å²) in [5, 5.41) is 3.27. The number of ether oxygens (including phenoxy) is 1. The van der Waals surface area contributed by atoms with E-state index in [1.165, 1.54) is 7.11 Å². The molecule has 1 aromatic rings. The zero-order valence-corrected chi connectivity index (χ0v) is 15.7. The van der Waals surface area contributed by atoms with Gasteiger partial charge in [0.05, 0.1) is 0 Å². The average Bonchev–Trinajstić information content (AvgIpc) is 3.00. The van der Waals surface area contributed by atoms with Crippen LogP contribution in [0.3, 0.4) is 0 Å². The summed E-state index contributed by atoms with van der Waals surface area (Å²) in [6, 6.07) is 6.97. The van der Waals surface area contributed by atoms with Crippen molar-refractivity contribution in [3.05, 3.63) is 34.9 Å². The Morgan fingerprint density at radius 1 is 1.46 bits per heavy atom. The Balaban J connectivity index is 2.28. The SMILES string of the molecule is CCC(C)NC(=O)C1CSC(c2ccccc2Cl)N1C(=O)COC. The highest BCUT2D eigenvalue weighted by Crippen LogP contribution is 2.43. The van der Waals surface area contributed by atoms with E-state index in [0.29, 0.717) is 10.8 Å². The fraction of sp³-hybridized carbons (Fsp3) is 0.529. The summed E-state index contributed by atoms with van der Waals surface area (Å²) in [6.45, 7) is 3.90. The second-order valence-electron chi connectivity index (χ2n) is 5.77. The second-order valence-corrected chi connectivity index (χ2v) is 7.30. The summed E-state index contributed by atoms with van der Waals surface area (Å²) in [4.78, 5) is 26.8. The van der Waals surface area contributed by atoms with Crippen LogP contribution in [-0.4, -0.2) is 48.3 Å². The third-order valence-corrected chi connectivity index (χ3v) is 5.68. The molecule has 0 aliphatic carbocycles. The standard InChI is InChI=1S/C17H23ClN2O3S/c1-4-11(2)19-16(22)14-10-24-17(20(14)15(21)9-23-3)12-7-5-6-8-13(12)18/h5-8,11,14,17H,4,9-10H2,1-3H3,(H,19,22). The first kappa shape index (κ1) is 19.1. The van der Waals surface area contributed by atoms with Crippen molar-refractivity contribution in [3.8, 4) is 0 Å². The first-order chi connectivity index (χ1) is 11.5. The van der Waals surface area contributed by atoms with E-state index in [-0.39, 0.29) is 29.8 Å². The molecule has 7 heteroatoms. The highest BCUT2D eigenvalue weighted by atomic mass is 35.5. The van der Waals surface area contributed by atoms with Crippen LogP contribution in [0.25, 0.3) is 0 Å². The average molecular weight is 371 g/mol. The lowest BCUT2D eigenvalue weighted by atomic mass is 10.1. The van der Waals surface area contributed by atoms with Gasteiger partial charge < -0.3 is 15.0 Å². The quantitative estimate of drug-likeness (QED) is 0.836.